The van der Waals surface area contributed by atoms with Crippen LogP contribution >= 0.6 is 34.8 Å². The highest BCUT2D eigenvalue weighted by molar-refractivity contribution is 6.36. The number of hydrazone groups is 1. The van der Waals surface area contributed by atoms with Gasteiger partial charge in [-0.25, -0.2) is 0 Å². The van der Waals surface area contributed by atoms with Crippen molar-refractivity contribution in [2.45, 2.75) is 6.54 Å². The topological polar surface area (TPSA) is 20.0 Å². The molecule has 0 atom stereocenters. The van der Waals surface area contributed by atoms with Crippen LogP contribution in [0.1, 0.15) is 11.1 Å². The molecule has 6 heteroatoms. The zero-order chi connectivity index (χ0) is 16.9. The molecule has 3 nitrogen and oxygen atoms in total. The van der Waals surface area contributed by atoms with E-state index in [-0.39, 0.29) is 0 Å². The van der Waals surface area contributed by atoms with Crippen LogP contribution in [0.5, 0.6) is 0 Å². The maximum atomic E-state index is 6.25. The number of halogens is 3. The van der Waals surface area contributed by atoms with Gasteiger partial charge in [0, 0.05) is 21.2 Å². The lowest BCUT2D eigenvalue weighted by molar-refractivity contribution is -0.918. The van der Waals surface area contributed by atoms with Gasteiger partial charge in [-0.1, -0.05) is 59.1 Å². The van der Waals surface area contributed by atoms with Crippen molar-refractivity contribution in [1.82, 2.24) is 5.01 Å². The zero-order valence-electron chi connectivity index (χ0n) is 13.2. The lowest BCUT2D eigenvalue weighted by Gasteiger charge is -2.30. The molecule has 0 aliphatic carbocycles. The van der Waals surface area contributed by atoms with Gasteiger partial charge in [-0.2, -0.15) is 5.10 Å². The summed E-state index contributed by atoms with van der Waals surface area (Å²) in [5.74, 6) is 0. The third kappa shape index (κ3) is 4.64. The van der Waals surface area contributed by atoms with E-state index in [0.717, 1.165) is 43.3 Å². The van der Waals surface area contributed by atoms with Gasteiger partial charge in [0.15, 0.2) is 0 Å². The fraction of sp³-hybridized carbons (Fsp3) is 0.278. The van der Waals surface area contributed by atoms with Gasteiger partial charge >= 0.3 is 0 Å². The Morgan fingerprint density at radius 3 is 2.46 bits per heavy atom. The van der Waals surface area contributed by atoms with E-state index in [4.69, 9.17) is 34.8 Å². The highest BCUT2D eigenvalue weighted by Gasteiger charge is 2.19. The minimum absolute atomic E-state index is 0.620. The van der Waals surface area contributed by atoms with Crippen molar-refractivity contribution in [3.63, 3.8) is 0 Å². The minimum atomic E-state index is 0.620. The number of hydrogen-bond acceptors (Lipinski definition) is 2. The van der Waals surface area contributed by atoms with E-state index in [2.05, 4.69) is 16.2 Å². The molecule has 1 fully saturated rings. The summed E-state index contributed by atoms with van der Waals surface area (Å²) in [5, 5.41) is 8.73. The predicted molar refractivity (Wildman–Crippen MR) is 101 cm³/mol. The van der Waals surface area contributed by atoms with Gasteiger partial charge in [0.1, 0.15) is 6.54 Å². The van der Waals surface area contributed by atoms with Crippen molar-refractivity contribution in [2.75, 3.05) is 26.2 Å². The molecule has 0 radical (unpaired) electrons. The molecule has 0 aromatic heterocycles. The second-order valence-electron chi connectivity index (χ2n) is 5.88. The second-order valence-corrected chi connectivity index (χ2v) is 7.13. The fourth-order valence-corrected chi connectivity index (χ4v) is 3.42. The number of rotatable bonds is 4. The molecule has 0 spiro atoms. The van der Waals surface area contributed by atoms with Crippen molar-refractivity contribution in [1.29, 1.82) is 0 Å². The lowest BCUT2D eigenvalue weighted by Crippen LogP contribution is -3.13. The standard InChI is InChI=1S/C18H18Cl3N3/c19-16-6-5-14(18(21)11-16)12-22-24-9-7-23(8-10-24)13-15-3-1-2-4-17(15)20/h1-6,11-12H,7-10,13H2/p+1/b22-12+. The molecule has 2 aromatic rings. The molecule has 2 aromatic carbocycles. The summed E-state index contributed by atoms with van der Waals surface area (Å²) >= 11 is 18.3. The van der Waals surface area contributed by atoms with Crippen LogP contribution in [0.25, 0.3) is 0 Å². The van der Waals surface area contributed by atoms with Crippen molar-refractivity contribution in [3.8, 4) is 0 Å². The van der Waals surface area contributed by atoms with Crippen molar-refractivity contribution >= 4 is 41.0 Å². The second kappa shape index (κ2) is 8.21. The minimum Gasteiger partial charge on any atom is -0.328 e. The number of benzene rings is 2. The predicted octanol–water partition coefficient (Wildman–Crippen LogP) is 3.38. The number of hydrogen-bond donors (Lipinski definition) is 1. The molecular formula is C18H19Cl3N3+. The average Bonchev–Trinajstić information content (AvgIpc) is 2.57. The van der Waals surface area contributed by atoms with Crippen molar-refractivity contribution in [3.05, 3.63) is 68.7 Å². The SMILES string of the molecule is Clc1ccc(/C=N/N2CC[NH+](Cc3ccccc3Cl)CC2)c(Cl)c1. The molecule has 0 saturated carbocycles. The van der Waals surface area contributed by atoms with Gasteiger partial charge in [-0.05, 0) is 18.2 Å². The first-order valence-corrected chi connectivity index (χ1v) is 9.06. The zero-order valence-corrected chi connectivity index (χ0v) is 15.5. The van der Waals surface area contributed by atoms with Crippen LogP contribution in [0.15, 0.2) is 47.6 Å². The Balaban J connectivity index is 1.53. The Bertz CT molecular complexity index is 725. The maximum Gasteiger partial charge on any atom is 0.104 e. The molecule has 1 heterocycles. The first kappa shape index (κ1) is 17.6. The molecular weight excluding hydrogens is 365 g/mol. The number of piperazine rings is 1. The average molecular weight is 384 g/mol. The summed E-state index contributed by atoms with van der Waals surface area (Å²) in [4.78, 5) is 1.53. The summed E-state index contributed by atoms with van der Waals surface area (Å²) in [7, 11) is 0. The molecule has 3 rings (SSSR count). The van der Waals surface area contributed by atoms with Crippen LogP contribution in [0.3, 0.4) is 0 Å². The summed E-state index contributed by atoms with van der Waals surface area (Å²) in [6, 6.07) is 13.5. The van der Waals surface area contributed by atoms with E-state index < -0.39 is 0 Å². The number of nitrogens with zero attached hydrogens (tertiary/aromatic N) is 2. The Morgan fingerprint density at radius 1 is 1.00 bits per heavy atom. The third-order valence-electron chi connectivity index (χ3n) is 4.17. The largest absolute Gasteiger partial charge is 0.328 e. The van der Waals surface area contributed by atoms with E-state index >= 15 is 0 Å². The number of quaternary nitrogens is 1. The Hall–Kier alpha value is -1.26. The van der Waals surface area contributed by atoms with E-state index in [1.54, 1.807) is 12.3 Å². The molecule has 1 aliphatic rings. The van der Waals surface area contributed by atoms with E-state index in [0.29, 0.717) is 10.0 Å². The van der Waals surface area contributed by atoms with Gasteiger partial charge in [0.25, 0.3) is 0 Å². The summed E-state index contributed by atoms with van der Waals surface area (Å²) in [6.45, 7) is 4.87. The molecule has 1 aliphatic heterocycles. The van der Waals surface area contributed by atoms with Gasteiger partial charge < -0.3 is 4.90 Å². The van der Waals surface area contributed by atoms with Crippen LogP contribution in [0.4, 0.5) is 0 Å². The van der Waals surface area contributed by atoms with Crippen molar-refractivity contribution < 1.29 is 4.90 Å². The van der Waals surface area contributed by atoms with Crippen LogP contribution < -0.4 is 4.90 Å². The van der Waals surface area contributed by atoms with Crippen LogP contribution in [-0.2, 0) is 6.54 Å². The normalized spacial score (nSPS) is 16.0. The van der Waals surface area contributed by atoms with E-state index in [1.165, 1.54) is 10.5 Å². The maximum absolute atomic E-state index is 6.25. The molecule has 1 N–H and O–H groups in total. The highest BCUT2D eigenvalue weighted by Crippen LogP contribution is 2.19. The first-order chi connectivity index (χ1) is 11.6. The van der Waals surface area contributed by atoms with Crippen LogP contribution in [0, 0.1) is 0 Å². The molecule has 24 heavy (non-hydrogen) atoms. The van der Waals surface area contributed by atoms with E-state index in [9.17, 15) is 0 Å². The van der Waals surface area contributed by atoms with Crippen LogP contribution in [-0.4, -0.2) is 37.4 Å². The molecule has 0 bridgehead atoms. The quantitative estimate of drug-likeness (QED) is 0.802. The Labute approximate surface area is 157 Å². The number of nitrogens with one attached hydrogen (secondary N) is 1. The third-order valence-corrected chi connectivity index (χ3v) is 5.10. The lowest BCUT2D eigenvalue weighted by atomic mass is 10.2. The highest BCUT2D eigenvalue weighted by atomic mass is 35.5. The smallest absolute Gasteiger partial charge is 0.104 e. The first-order valence-electron chi connectivity index (χ1n) is 7.93. The monoisotopic (exact) mass is 382 g/mol. The summed E-state index contributed by atoms with van der Waals surface area (Å²) in [6.07, 6.45) is 1.80. The molecule has 0 unspecified atom stereocenters. The molecule has 1 saturated heterocycles. The van der Waals surface area contributed by atoms with Crippen LogP contribution in [0.2, 0.25) is 15.1 Å². The van der Waals surface area contributed by atoms with Gasteiger partial charge in [0.05, 0.1) is 37.4 Å². The summed E-state index contributed by atoms with van der Waals surface area (Å²) in [5.41, 5.74) is 2.09. The van der Waals surface area contributed by atoms with E-state index in [1.807, 2.05) is 30.3 Å². The van der Waals surface area contributed by atoms with Gasteiger partial charge in [-0.15, -0.1) is 0 Å². The molecule has 126 valence electrons. The molecule has 0 amide bonds. The van der Waals surface area contributed by atoms with Crippen molar-refractivity contribution in [2.24, 2.45) is 5.10 Å². The van der Waals surface area contributed by atoms with Gasteiger partial charge in [-0.3, -0.25) is 5.01 Å². The Morgan fingerprint density at radius 2 is 1.75 bits per heavy atom. The summed E-state index contributed by atoms with van der Waals surface area (Å²) < 4.78 is 0. The fourth-order valence-electron chi connectivity index (χ4n) is 2.76. The van der Waals surface area contributed by atoms with Gasteiger partial charge in [0.2, 0.25) is 0 Å². The Kier molecular flexibility index (Phi) is 6.01.